The van der Waals surface area contributed by atoms with Crippen LogP contribution in [-0.4, -0.2) is 46.0 Å². The molecule has 0 saturated carbocycles. The Kier molecular flexibility index (Phi) is 9.11. The van der Waals surface area contributed by atoms with E-state index in [0.29, 0.717) is 23.9 Å². The number of hydrogen-bond donors (Lipinski definition) is 1. The molecule has 0 aliphatic heterocycles. The Bertz CT molecular complexity index is 1210. The van der Waals surface area contributed by atoms with E-state index in [9.17, 15) is 13.2 Å². The summed E-state index contributed by atoms with van der Waals surface area (Å²) in [6, 6.07) is 20.6. The number of carbonyl (C=O) groups excluding carboxylic acids is 1. The van der Waals surface area contributed by atoms with Crippen LogP contribution in [-0.2, 0) is 27.9 Å². The third-order valence-corrected chi connectivity index (χ3v) is 7.04. The predicted molar refractivity (Wildman–Crippen MR) is 133 cm³/mol. The van der Waals surface area contributed by atoms with Gasteiger partial charge in [0.05, 0.1) is 32.3 Å². The summed E-state index contributed by atoms with van der Waals surface area (Å²) in [6.45, 7) is 2.26. The van der Waals surface area contributed by atoms with E-state index in [1.807, 2.05) is 37.3 Å². The van der Waals surface area contributed by atoms with E-state index < -0.39 is 15.9 Å². The lowest BCUT2D eigenvalue weighted by molar-refractivity contribution is -0.121. The Morgan fingerprint density at radius 1 is 0.886 bits per heavy atom. The van der Waals surface area contributed by atoms with E-state index in [1.54, 1.807) is 37.4 Å². The van der Waals surface area contributed by atoms with Crippen molar-refractivity contribution in [1.82, 2.24) is 9.62 Å². The number of nitrogens with zero attached hydrogens (tertiary/aromatic N) is 1. The van der Waals surface area contributed by atoms with Crippen LogP contribution in [0.2, 0.25) is 0 Å². The highest BCUT2D eigenvalue weighted by Crippen LogP contribution is 2.27. The fourth-order valence-corrected chi connectivity index (χ4v) is 4.83. The molecular formula is C26H30N2O6S. The van der Waals surface area contributed by atoms with Crippen LogP contribution in [0.4, 0.5) is 0 Å². The maximum Gasteiger partial charge on any atom is 0.243 e. The SMILES string of the molecule is CCOc1ccc(S(=O)(=O)N(CC(=O)NCc2ccc(OC)c(OC)c2)Cc2ccccc2)cc1. The van der Waals surface area contributed by atoms with Crippen LogP contribution in [0.15, 0.2) is 77.7 Å². The van der Waals surface area contributed by atoms with Crippen molar-refractivity contribution >= 4 is 15.9 Å². The monoisotopic (exact) mass is 498 g/mol. The van der Waals surface area contributed by atoms with Crippen LogP contribution in [0.5, 0.6) is 17.2 Å². The largest absolute Gasteiger partial charge is 0.494 e. The van der Waals surface area contributed by atoms with Gasteiger partial charge in [-0.2, -0.15) is 4.31 Å². The minimum Gasteiger partial charge on any atom is -0.494 e. The molecule has 0 bridgehead atoms. The van der Waals surface area contributed by atoms with E-state index in [2.05, 4.69) is 5.32 Å². The van der Waals surface area contributed by atoms with Crippen molar-refractivity contribution in [3.63, 3.8) is 0 Å². The number of nitrogens with one attached hydrogen (secondary N) is 1. The molecule has 3 aromatic rings. The molecule has 0 radical (unpaired) electrons. The fourth-order valence-electron chi connectivity index (χ4n) is 3.44. The van der Waals surface area contributed by atoms with Gasteiger partial charge >= 0.3 is 0 Å². The third-order valence-electron chi connectivity index (χ3n) is 5.23. The fraction of sp³-hybridized carbons (Fsp3) is 0.269. The first kappa shape index (κ1) is 26.1. The van der Waals surface area contributed by atoms with Gasteiger partial charge in [-0.15, -0.1) is 0 Å². The summed E-state index contributed by atoms with van der Waals surface area (Å²) < 4.78 is 44.0. The number of hydrogen-bond acceptors (Lipinski definition) is 6. The van der Waals surface area contributed by atoms with Crippen LogP contribution < -0.4 is 19.5 Å². The third kappa shape index (κ3) is 6.97. The Morgan fingerprint density at radius 2 is 1.57 bits per heavy atom. The molecule has 35 heavy (non-hydrogen) atoms. The van der Waals surface area contributed by atoms with Gasteiger partial charge in [-0.3, -0.25) is 4.79 Å². The lowest BCUT2D eigenvalue weighted by Gasteiger charge is -2.22. The number of carbonyl (C=O) groups is 1. The molecule has 1 amide bonds. The predicted octanol–water partition coefficient (Wildman–Crippen LogP) is 3.61. The van der Waals surface area contributed by atoms with Crippen molar-refractivity contribution in [1.29, 1.82) is 0 Å². The zero-order valence-corrected chi connectivity index (χ0v) is 20.9. The second kappa shape index (κ2) is 12.2. The van der Waals surface area contributed by atoms with Crippen molar-refractivity contribution in [2.24, 2.45) is 0 Å². The van der Waals surface area contributed by atoms with Gasteiger partial charge in [-0.05, 0) is 54.4 Å². The maximum atomic E-state index is 13.4. The molecule has 0 unspecified atom stereocenters. The lowest BCUT2D eigenvalue weighted by atomic mass is 10.2. The van der Waals surface area contributed by atoms with Gasteiger partial charge < -0.3 is 19.5 Å². The van der Waals surface area contributed by atoms with Gasteiger partial charge in [-0.25, -0.2) is 8.42 Å². The number of ether oxygens (including phenoxy) is 3. The van der Waals surface area contributed by atoms with E-state index in [4.69, 9.17) is 14.2 Å². The van der Waals surface area contributed by atoms with E-state index in [-0.39, 0.29) is 24.5 Å². The smallest absolute Gasteiger partial charge is 0.243 e. The highest BCUT2D eigenvalue weighted by molar-refractivity contribution is 7.89. The maximum absolute atomic E-state index is 13.4. The van der Waals surface area contributed by atoms with Gasteiger partial charge in [0.1, 0.15) is 5.75 Å². The van der Waals surface area contributed by atoms with Crippen LogP contribution in [0.1, 0.15) is 18.1 Å². The average molecular weight is 499 g/mol. The molecular weight excluding hydrogens is 468 g/mol. The zero-order chi connectivity index (χ0) is 25.3. The normalized spacial score (nSPS) is 11.2. The van der Waals surface area contributed by atoms with Crippen LogP contribution in [0, 0.1) is 0 Å². The number of sulfonamides is 1. The Hall–Kier alpha value is -3.56. The number of amides is 1. The second-order valence-electron chi connectivity index (χ2n) is 7.63. The van der Waals surface area contributed by atoms with Crippen molar-refractivity contribution in [2.75, 3.05) is 27.4 Å². The van der Waals surface area contributed by atoms with Gasteiger partial charge in [0.25, 0.3) is 0 Å². The first-order valence-corrected chi connectivity index (χ1v) is 12.6. The van der Waals surface area contributed by atoms with Gasteiger partial charge in [0.2, 0.25) is 15.9 Å². The van der Waals surface area contributed by atoms with Gasteiger partial charge in [0, 0.05) is 13.1 Å². The molecule has 9 heteroatoms. The Morgan fingerprint density at radius 3 is 2.20 bits per heavy atom. The lowest BCUT2D eigenvalue weighted by Crippen LogP contribution is -2.40. The molecule has 0 atom stereocenters. The molecule has 0 heterocycles. The number of rotatable bonds is 12. The molecule has 0 aliphatic rings. The molecule has 0 spiro atoms. The summed E-state index contributed by atoms with van der Waals surface area (Å²) in [5.74, 6) is 1.28. The van der Waals surface area contributed by atoms with Crippen molar-refractivity contribution in [2.45, 2.75) is 24.9 Å². The van der Waals surface area contributed by atoms with Crippen molar-refractivity contribution < 1.29 is 27.4 Å². The van der Waals surface area contributed by atoms with Crippen LogP contribution >= 0.6 is 0 Å². The molecule has 0 aromatic heterocycles. The van der Waals surface area contributed by atoms with Gasteiger partial charge in [0.15, 0.2) is 11.5 Å². The van der Waals surface area contributed by atoms with E-state index in [0.717, 1.165) is 11.1 Å². The topological polar surface area (TPSA) is 94.2 Å². The first-order chi connectivity index (χ1) is 16.9. The standard InChI is InChI=1S/C26H30N2O6S/c1-4-34-22-11-13-23(14-12-22)35(30,31)28(18-20-8-6-5-7-9-20)19-26(29)27-17-21-10-15-24(32-2)25(16-21)33-3/h5-16H,4,17-19H2,1-3H3,(H,27,29). The highest BCUT2D eigenvalue weighted by Gasteiger charge is 2.27. The van der Waals surface area contributed by atoms with E-state index in [1.165, 1.54) is 23.5 Å². The van der Waals surface area contributed by atoms with E-state index >= 15 is 0 Å². The number of benzene rings is 3. The summed E-state index contributed by atoms with van der Waals surface area (Å²) in [4.78, 5) is 12.9. The zero-order valence-electron chi connectivity index (χ0n) is 20.1. The Balaban J connectivity index is 1.77. The summed E-state index contributed by atoms with van der Waals surface area (Å²) in [7, 11) is -0.866. The summed E-state index contributed by atoms with van der Waals surface area (Å²) >= 11 is 0. The molecule has 0 aliphatic carbocycles. The molecule has 1 N–H and O–H groups in total. The quantitative estimate of drug-likeness (QED) is 0.410. The van der Waals surface area contributed by atoms with Crippen molar-refractivity contribution in [3.8, 4) is 17.2 Å². The summed E-state index contributed by atoms with van der Waals surface area (Å²) in [5.41, 5.74) is 1.56. The molecule has 3 rings (SSSR count). The summed E-state index contributed by atoms with van der Waals surface area (Å²) in [6.07, 6.45) is 0. The van der Waals surface area contributed by atoms with Gasteiger partial charge in [-0.1, -0.05) is 36.4 Å². The van der Waals surface area contributed by atoms with Crippen LogP contribution in [0.25, 0.3) is 0 Å². The molecule has 0 fully saturated rings. The minimum absolute atomic E-state index is 0.0557. The Labute approximate surface area is 206 Å². The molecule has 0 saturated heterocycles. The molecule has 186 valence electrons. The first-order valence-electron chi connectivity index (χ1n) is 11.1. The highest BCUT2D eigenvalue weighted by atomic mass is 32.2. The molecule has 3 aromatic carbocycles. The summed E-state index contributed by atoms with van der Waals surface area (Å²) in [5, 5.41) is 2.79. The minimum atomic E-state index is -3.95. The van der Waals surface area contributed by atoms with Crippen molar-refractivity contribution in [3.05, 3.63) is 83.9 Å². The second-order valence-corrected chi connectivity index (χ2v) is 9.57. The molecule has 8 nitrogen and oxygen atoms in total. The average Bonchev–Trinajstić information content (AvgIpc) is 2.88. The van der Waals surface area contributed by atoms with Crippen LogP contribution in [0.3, 0.4) is 0 Å². The number of methoxy groups -OCH3 is 2.